The lowest BCUT2D eigenvalue weighted by Crippen LogP contribution is -2.55. The van der Waals surface area contributed by atoms with E-state index in [9.17, 15) is 4.79 Å². The van der Waals surface area contributed by atoms with Crippen LogP contribution in [0.1, 0.15) is 57.9 Å². The molecular formula is C26H40N4O. The molecule has 3 aliphatic rings. The molecule has 2 amide bonds. The zero-order valence-electron chi connectivity index (χ0n) is 19.9. The number of aliphatic imine (C=N–C) groups is 1. The van der Waals surface area contributed by atoms with Gasteiger partial charge in [-0.1, -0.05) is 44.2 Å². The molecule has 0 aromatic heterocycles. The van der Waals surface area contributed by atoms with Crippen LogP contribution in [-0.4, -0.2) is 73.3 Å². The molecule has 5 nitrogen and oxygen atoms in total. The Kier molecular flexibility index (Phi) is 5.93. The predicted molar refractivity (Wildman–Crippen MR) is 128 cm³/mol. The Morgan fingerprint density at radius 1 is 1.13 bits per heavy atom. The molecule has 0 N–H and O–H groups in total. The van der Waals surface area contributed by atoms with Gasteiger partial charge in [0.05, 0.1) is 5.54 Å². The summed E-state index contributed by atoms with van der Waals surface area (Å²) in [7, 11) is 4.42. The molecule has 1 aromatic carbocycles. The summed E-state index contributed by atoms with van der Waals surface area (Å²) in [5.74, 6) is 0.707. The maximum absolute atomic E-state index is 13.6. The Morgan fingerprint density at radius 2 is 1.77 bits per heavy atom. The van der Waals surface area contributed by atoms with Gasteiger partial charge in [0.15, 0.2) is 0 Å². The van der Waals surface area contributed by atoms with E-state index in [1.165, 1.54) is 18.4 Å². The monoisotopic (exact) mass is 424 g/mol. The van der Waals surface area contributed by atoms with Gasteiger partial charge in [0.1, 0.15) is 0 Å². The van der Waals surface area contributed by atoms with Crippen molar-refractivity contribution in [2.24, 2.45) is 16.3 Å². The zero-order valence-corrected chi connectivity index (χ0v) is 19.9. The summed E-state index contributed by atoms with van der Waals surface area (Å²) in [5.41, 5.74) is 1.40. The third-order valence-corrected chi connectivity index (χ3v) is 8.03. The molecule has 1 heterocycles. The summed E-state index contributed by atoms with van der Waals surface area (Å²) in [5, 5.41) is 0. The van der Waals surface area contributed by atoms with E-state index in [0.717, 1.165) is 45.3 Å². The Morgan fingerprint density at radius 3 is 2.32 bits per heavy atom. The molecule has 5 heteroatoms. The van der Waals surface area contributed by atoms with Crippen molar-refractivity contribution in [3.8, 4) is 0 Å². The number of hydrogen-bond donors (Lipinski definition) is 0. The Labute approximate surface area is 188 Å². The highest BCUT2D eigenvalue weighted by Crippen LogP contribution is 2.50. The van der Waals surface area contributed by atoms with E-state index in [2.05, 4.69) is 84.7 Å². The highest BCUT2D eigenvalue weighted by atomic mass is 16.2. The average molecular weight is 425 g/mol. The number of urea groups is 1. The summed E-state index contributed by atoms with van der Waals surface area (Å²) in [6, 6.07) is 11.2. The van der Waals surface area contributed by atoms with Gasteiger partial charge in [0, 0.05) is 37.1 Å². The first-order valence-corrected chi connectivity index (χ1v) is 11.9. The number of carbonyl (C=O) groups is 1. The Hall–Kier alpha value is -1.88. The maximum Gasteiger partial charge on any atom is 0.320 e. The van der Waals surface area contributed by atoms with Gasteiger partial charge in [0.25, 0.3) is 0 Å². The molecule has 2 saturated carbocycles. The van der Waals surface area contributed by atoms with Crippen molar-refractivity contribution in [2.75, 3.05) is 40.3 Å². The molecule has 170 valence electrons. The van der Waals surface area contributed by atoms with Gasteiger partial charge in [-0.25, -0.2) is 4.79 Å². The van der Waals surface area contributed by atoms with Gasteiger partial charge in [-0.3, -0.25) is 4.90 Å². The van der Waals surface area contributed by atoms with Crippen LogP contribution in [0.3, 0.4) is 0 Å². The van der Waals surface area contributed by atoms with Crippen LogP contribution in [-0.2, 0) is 5.54 Å². The highest BCUT2D eigenvalue weighted by molar-refractivity contribution is 5.78. The molecule has 1 aromatic rings. The van der Waals surface area contributed by atoms with E-state index in [1.807, 2.05) is 0 Å². The quantitative estimate of drug-likeness (QED) is 0.571. The minimum absolute atomic E-state index is 0.0222. The number of amides is 2. The van der Waals surface area contributed by atoms with Crippen molar-refractivity contribution in [3.63, 3.8) is 0 Å². The first-order chi connectivity index (χ1) is 14.7. The summed E-state index contributed by atoms with van der Waals surface area (Å²) in [4.78, 5) is 24.5. The molecule has 1 spiro atoms. The number of hydrogen-bond acceptors (Lipinski definition) is 3. The number of rotatable bonds is 8. The number of carbonyl (C=O) groups excluding carboxylic acids is 1. The second kappa shape index (κ2) is 8.23. The fraction of sp³-hybridized carbons (Fsp3) is 0.692. The van der Waals surface area contributed by atoms with Crippen LogP contribution in [0, 0.1) is 11.3 Å². The largest absolute Gasteiger partial charge is 0.322 e. The van der Waals surface area contributed by atoms with Gasteiger partial charge < -0.3 is 14.8 Å². The molecule has 0 unspecified atom stereocenters. The molecule has 31 heavy (non-hydrogen) atoms. The van der Waals surface area contributed by atoms with Crippen LogP contribution in [0.2, 0.25) is 0 Å². The number of nitrogens with zero attached hydrogens (tertiary/aromatic N) is 4. The molecule has 4 rings (SSSR count). The van der Waals surface area contributed by atoms with E-state index in [0.29, 0.717) is 12.5 Å². The third kappa shape index (κ3) is 4.26. The van der Waals surface area contributed by atoms with Gasteiger partial charge >= 0.3 is 6.03 Å². The second-order valence-corrected chi connectivity index (χ2v) is 11.3. The van der Waals surface area contributed by atoms with Crippen LogP contribution in [0.15, 0.2) is 35.3 Å². The van der Waals surface area contributed by atoms with Crippen LogP contribution in [0.25, 0.3) is 0 Å². The summed E-state index contributed by atoms with van der Waals surface area (Å²) >= 11 is 0. The Bertz CT molecular complexity index is 791. The van der Waals surface area contributed by atoms with Crippen molar-refractivity contribution in [1.29, 1.82) is 0 Å². The van der Waals surface area contributed by atoms with Crippen molar-refractivity contribution >= 4 is 12.7 Å². The lowest BCUT2D eigenvalue weighted by atomic mass is 9.68. The van der Waals surface area contributed by atoms with Crippen LogP contribution < -0.4 is 0 Å². The fourth-order valence-corrected chi connectivity index (χ4v) is 6.00. The predicted octanol–water partition coefficient (Wildman–Crippen LogP) is 4.63. The van der Waals surface area contributed by atoms with Crippen molar-refractivity contribution < 1.29 is 4.79 Å². The van der Waals surface area contributed by atoms with Crippen LogP contribution in [0.4, 0.5) is 4.79 Å². The number of benzene rings is 1. The summed E-state index contributed by atoms with van der Waals surface area (Å²) in [6.45, 7) is 11.3. The topological polar surface area (TPSA) is 39.1 Å². The van der Waals surface area contributed by atoms with Gasteiger partial charge in [-0.15, -0.1) is 0 Å². The van der Waals surface area contributed by atoms with Crippen molar-refractivity contribution in [3.05, 3.63) is 35.9 Å². The molecule has 1 saturated heterocycles. The van der Waals surface area contributed by atoms with E-state index in [-0.39, 0.29) is 22.5 Å². The second-order valence-electron chi connectivity index (χ2n) is 11.3. The first-order valence-electron chi connectivity index (χ1n) is 11.9. The molecular weight excluding hydrogens is 384 g/mol. The highest BCUT2D eigenvalue weighted by Gasteiger charge is 2.55. The van der Waals surface area contributed by atoms with Crippen LogP contribution in [0.5, 0.6) is 0 Å². The van der Waals surface area contributed by atoms with E-state index in [1.54, 1.807) is 0 Å². The van der Waals surface area contributed by atoms with Crippen molar-refractivity contribution in [2.45, 2.75) is 63.5 Å². The first kappa shape index (κ1) is 22.3. The van der Waals surface area contributed by atoms with Gasteiger partial charge in [0.2, 0.25) is 0 Å². The molecule has 0 bridgehead atoms. The molecule has 0 atom stereocenters. The standard InChI is InChI=1S/C26H40N4O/c1-24(2,18-27-3)19-29-20-25(30(23(29)31)17-21-11-12-21)13-15-26(16-14-25,28(4)5)22-9-7-6-8-10-22/h6-10,21H,3,11-20H2,1-2,4-5H3/t25-,26+. The van der Waals surface area contributed by atoms with Crippen LogP contribution >= 0.6 is 0 Å². The lowest BCUT2D eigenvalue weighted by molar-refractivity contribution is 0.0229. The van der Waals surface area contributed by atoms with Gasteiger partial charge in [-0.05, 0) is 70.8 Å². The van der Waals surface area contributed by atoms with E-state index in [4.69, 9.17) is 0 Å². The molecule has 3 fully saturated rings. The molecule has 2 aliphatic carbocycles. The Balaban J connectivity index is 1.57. The summed E-state index contributed by atoms with van der Waals surface area (Å²) in [6.07, 6.45) is 6.85. The third-order valence-electron chi connectivity index (χ3n) is 8.03. The average Bonchev–Trinajstić information content (AvgIpc) is 3.52. The molecule has 0 radical (unpaired) electrons. The zero-order chi connectivity index (χ0) is 22.3. The minimum Gasteiger partial charge on any atom is -0.322 e. The SMILES string of the molecule is C=NCC(C)(C)CN1C[C@]2(CC[C@](c3ccccc3)(N(C)C)CC2)N(CC2CC2)C1=O. The van der Waals surface area contributed by atoms with Gasteiger partial charge in [-0.2, -0.15) is 0 Å². The summed E-state index contributed by atoms with van der Waals surface area (Å²) < 4.78 is 0. The van der Waals surface area contributed by atoms with Crippen molar-refractivity contribution in [1.82, 2.24) is 14.7 Å². The van der Waals surface area contributed by atoms with E-state index < -0.39 is 0 Å². The van der Waals surface area contributed by atoms with E-state index >= 15 is 0 Å². The maximum atomic E-state index is 13.6. The molecule has 1 aliphatic heterocycles. The normalized spacial score (nSPS) is 29.3. The fourth-order valence-electron chi connectivity index (χ4n) is 6.00. The lowest BCUT2D eigenvalue weighted by Gasteiger charge is -2.51. The smallest absolute Gasteiger partial charge is 0.320 e. The minimum atomic E-state index is -0.0414.